The monoisotopic (exact) mass is 359 g/mol. The van der Waals surface area contributed by atoms with Crippen LogP contribution in [0, 0.1) is 20.8 Å². The van der Waals surface area contributed by atoms with Gasteiger partial charge < -0.3 is 11.2 Å². The van der Waals surface area contributed by atoms with Crippen LogP contribution in [-0.4, -0.2) is 26.5 Å². The van der Waals surface area contributed by atoms with Gasteiger partial charge in [-0.1, -0.05) is 29.5 Å². The van der Waals surface area contributed by atoms with Crippen LogP contribution in [0.4, 0.5) is 18.9 Å². The van der Waals surface area contributed by atoms with E-state index < -0.39 is 12.0 Å². The first-order chi connectivity index (χ1) is 11.1. The van der Waals surface area contributed by atoms with Crippen molar-refractivity contribution in [2.45, 2.75) is 32.1 Å². The molecule has 0 spiro atoms. The summed E-state index contributed by atoms with van der Waals surface area (Å²) in [4.78, 5) is 12.0. The zero-order valence-corrected chi connectivity index (χ0v) is 14.0. The van der Waals surface area contributed by atoms with Gasteiger partial charge in [0.25, 0.3) is 5.82 Å². The molecule has 2 rings (SSSR count). The third-order valence-corrected chi connectivity index (χ3v) is 4.13. The number of benzene rings is 1. The largest absolute Gasteiger partial charge is 0.453 e. The van der Waals surface area contributed by atoms with E-state index in [1.54, 1.807) is 0 Å². The van der Waals surface area contributed by atoms with Crippen molar-refractivity contribution in [3.63, 3.8) is 0 Å². The summed E-state index contributed by atoms with van der Waals surface area (Å²) in [6.45, 7) is 5.69. The van der Waals surface area contributed by atoms with Crippen LogP contribution in [0.25, 0.3) is 0 Å². The number of rotatable bonds is 4. The Labute approximate surface area is 140 Å². The number of carbonyl (C=O) groups excluding carboxylic acids is 1. The molecule has 0 atom stereocenters. The molecule has 1 heterocycles. The molecule has 0 radical (unpaired) electrons. The molecule has 0 bridgehead atoms. The highest BCUT2D eigenvalue weighted by Gasteiger charge is 2.38. The number of thioether (sulfide) groups is 1. The van der Waals surface area contributed by atoms with Gasteiger partial charge in [-0.15, -0.1) is 10.2 Å². The van der Waals surface area contributed by atoms with Gasteiger partial charge in [-0.2, -0.15) is 13.2 Å². The van der Waals surface area contributed by atoms with Gasteiger partial charge in [-0.3, -0.25) is 4.79 Å². The number of hydrogen-bond donors (Lipinski definition) is 2. The molecule has 0 aliphatic heterocycles. The van der Waals surface area contributed by atoms with Crippen molar-refractivity contribution in [2.75, 3.05) is 16.9 Å². The summed E-state index contributed by atoms with van der Waals surface area (Å²) in [6.07, 6.45) is -4.70. The van der Waals surface area contributed by atoms with E-state index in [9.17, 15) is 18.0 Å². The maximum atomic E-state index is 12.6. The maximum Gasteiger partial charge on any atom is 0.453 e. The predicted octanol–water partition coefficient (Wildman–Crippen LogP) is 2.67. The van der Waals surface area contributed by atoms with Gasteiger partial charge in [-0.05, 0) is 31.9 Å². The van der Waals surface area contributed by atoms with Crippen molar-refractivity contribution in [3.05, 3.63) is 34.6 Å². The Kier molecular flexibility index (Phi) is 5.07. The molecule has 6 nitrogen and oxygen atoms in total. The van der Waals surface area contributed by atoms with Gasteiger partial charge in [-0.25, -0.2) is 4.68 Å². The maximum absolute atomic E-state index is 12.6. The van der Waals surface area contributed by atoms with Crippen molar-refractivity contribution in [1.29, 1.82) is 0 Å². The molecule has 0 unspecified atom stereocenters. The first-order valence-corrected chi connectivity index (χ1v) is 7.86. The van der Waals surface area contributed by atoms with Gasteiger partial charge >= 0.3 is 6.18 Å². The lowest BCUT2D eigenvalue weighted by Crippen LogP contribution is -2.22. The van der Waals surface area contributed by atoms with Crippen LogP contribution in [-0.2, 0) is 11.0 Å². The molecule has 1 aromatic carbocycles. The number of nitrogens with two attached hydrogens (primary N) is 1. The number of anilines is 1. The molecule has 1 aromatic heterocycles. The van der Waals surface area contributed by atoms with Crippen LogP contribution in [0.3, 0.4) is 0 Å². The van der Waals surface area contributed by atoms with Crippen molar-refractivity contribution >= 4 is 23.4 Å². The zero-order chi connectivity index (χ0) is 18.1. The second-order valence-corrected chi connectivity index (χ2v) is 6.23. The van der Waals surface area contributed by atoms with Crippen molar-refractivity contribution in [2.24, 2.45) is 0 Å². The predicted molar refractivity (Wildman–Crippen MR) is 85.2 cm³/mol. The van der Waals surface area contributed by atoms with E-state index in [2.05, 4.69) is 15.5 Å². The van der Waals surface area contributed by atoms with Gasteiger partial charge in [0, 0.05) is 5.69 Å². The van der Waals surface area contributed by atoms with E-state index in [4.69, 9.17) is 5.84 Å². The number of alkyl halides is 3. The summed E-state index contributed by atoms with van der Waals surface area (Å²) < 4.78 is 38.1. The summed E-state index contributed by atoms with van der Waals surface area (Å²) in [5.74, 6) is 3.49. The Morgan fingerprint density at radius 2 is 1.83 bits per heavy atom. The average molecular weight is 359 g/mol. The second kappa shape index (κ2) is 6.71. The summed E-state index contributed by atoms with van der Waals surface area (Å²) in [5, 5.41) is 8.92. The Bertz CT molecular complexity index is 749. The van der Waals surface area contributed by atoms with Crippen molar-refractivity contribution in [3.8, 4) is 0 Å². The fourth-order valence-corrected chi connectivity index (χ4v) is 2.91. The molecular formula is C14H16F3N5OS. The highest BCUT2D eigenvalue weighted by atomic mass is 32.2. The number of nitrogens with zero attached hydrogens (tertiary/aromatic N) is 3. The average Bonchev–Trinajstić information content (AvgIpc) is 2.81. The Hall–Kier alpha value is -2.23. The fourth-order valence-electron chi connectivity index (χ4n) is 2.25. The Balaban J connectivity index is 2.04. The molecule has 0 saturated heterocycles. The molecule has 0 aliphatic rings. The molecule has 2 aromatic rings. The minimum Gasteiger partial charge on any atom is -0.335 e. The molecular weight excluding hydrogens is 343 g/mol. The van der Waals surface area contributed by atoms with Crippen LogP contribution in [0.5, 0.6) is 0 Å². The van der Waals surface area contributed by atoms with E-state index in [0.717, 1.165) is 28.5 Å². The Morgan fingerprint density at radius 3 is 2.33 bits per heavy atom. The van der Waals surface area contributed by atoms with Crippen molar-refractivity contribution in [1.82, 2.24) is 14.9 Å². The fraction of sp³-hybridized carbons (Fsp3) is 0.357. The van der Waals surface area contributed by atoms with E-state index in [-0.39, 0.29) is 16.8 Å². The second-order valence-electron chi connectivity index (χ2n) is 5.28. The molecule has 3 N–H and O–H groups in total. The molecule has 24 heavy (non-hydrogen) atoms. The van der Waals surface area contributed by atoms with E-state index in [1.807, 2.05) is 32.9 Å². The number of nitrogen functional groups attached to an aromatic ring is 1. The number of aromatic nitrogens is 3. The van der Waals surface area contributed by atoms with E-state index in [0.29, 0.717) is 10.4 Å². The first kappa shape index (κ1) is 18.1. The smallest absolute Gasteiger partial charge is 0.335 e. The van der Waals surface area contributed by atoms with Gasteiger partial charge in [0.2, 0.25) is 11.1 Å². The van der Waals surface area contributed by atoms with Crippen LogP contribution in [0.1, 0.15) is 22.5 Å². The number of nitrogens with one attached hydrogen (secondary N) is 1. The number of aryl methyl sites for hydroxylation is 3. The SMILES string of the molecule is Cc1cc(C)c(NC(=O)CSc2nnc(C(F)(F)F)n2N)c(C)c1. The van der Waals surface area contributed by atoms with Crippen LogP contribution in [0.2, 0.25) is 0 Å². The van der Waals surface area contributed by atoms with E-state index in [1.165, 1.54) is 0 Å². The summed E-state index contributed by atoms with van der Waals surface area (Å²) >= 11 is 0.779. The number of hydrogen-bond acceptors (Lipinski definition) is 5. The van der Waals surface area contributed by atoms with Crippen molar-refractivity contribution < 1.29 is 18.0 Å². The lowest BCUT2D eigenvalue weighted by atomic mass is 10.1. The number of amides is 1. The van der Waals surface area contributed by atoms with Gasteiger partial charge in [0.15, 0.2) is 0 Å². The standard InChI is InChI=1S/C14H16F3N5OS/c1-7-4-8(2)11(9(3)5-7)19-10(23)6-24-13-21-20-12(22(13)18)14(15,16)17/h4-5H,6,18H2,1-3H3,(H,19,23). The molecule has 0 saturated carbocycles. The normalized spacial score (nSPS) is 11.6. The third-order valence-electron chi connectivity index (χ3n) is 3.19. The van der Waals surface area contributed by atoms with Crippen LogP contribution >= 0.6 is 11.8 Å². The first-order valence-electron chi connectivity index (χ1n) is 6.87. The molecule has 1 amide bonds. The molecule has 10 heteroatoms. The molecule has 0 fully saturated rings. The minimum atomic E-state index is -4.70. The van der Waals surface area contributed by atoms with Crippen LogP contribution in [0.15, 0.2) is 17.3 Å². The van der Waals surface area contributed by atoms with E-state index >= 15 is 0 Å². The minimum absolute atomic E-state index is 0.139. The van der Waals surface area contributed by atoms with Gasteiger partial charge in [0.1, 0.15) is 0 Å². The van der Waals surface area contributed by atoms with Gasteiger partial charge in [0.05, 0.1) is 5.75 Å². The quantitative estimate of drug-likeness (QED) is 0.647. The highest BCUT2D eigenvalue weighted by molar-refractivity contribution is 7.99. The topological polar surface area (TPSA) is 85.8 Å². The number of carbonyl (C=O) groups is 1. The number of halogens is 3. The summed E-state index contributed by atoms with van der Waals surface area (Å²) in [6, 6.07) is 3.86. The lowest BCUT2D eigenvalue weighted by Gasteiger charge is -2.12. The zero-order valence-electron chi connectivity index (χ0n) is 13.2. The third kappa shape index (κ3) is 3.99. The highest BCUT2D eigenvalue weighted by Crippen LogP contribution is 2.29. The molecule has 130 valence electrons. The summed E-state index contributed by atoms with van der Waals surface area (Å²) in [5.41, 5.74) is 3.59. The lowest BCUT2D eigenvalue weighted by molar-refractivity contribution is -0.146. The summed E-state index contributed by atoms with van der Waals surface area (Å²) in [7, 11) is 0. The van der Waals surface area contributed by atoms with Crippen LogP contribution < -0.4 is 11.2 Å². The molecule has 0 aliphatic carbocycles. The Morgan fingerprint density at radius 1 is 1.25 bits per heavy atom.